The summed E-state index contributed by atoms with van der Waals surface area (Å²) < 4.78 is 35.1. The first-order valence-corrected chi connectivity index (χ1v) is 4.31. The maximum Gasteiger partial charge on any atom is 0.401 e. The van der Waals surface area contributed by atoms with Crippen molar-refractivity contribution in [1.82, 2.24) is 5.32 Å². The van der Waals surface area contributed by atoms with Gasteiger partial charge in [0.1, 0.15) is 0 Å². The first kappa shape index (κ1) is 9.84. The Hall–Kier alpha value is -0.250. The van der Waals surface area contributed by atoms with E-state index in [1.807, 2.05) is 0 Å². The lowest BCUT2D eigenvalue weighted by atomic mass is 9.79. The van der Waals surface area contributed by atoms with Gasteiger partial charge in [-0.25, -0.2) is 0 Å². The Morgan fingerprint density at radius 2 is 1.92 bits per heavy atom. The third kappa shape index (κ3) is 3.01. The van der Waals surface area contributed by atoms with Crippen LogP contribution in [0.2, 0.25) is 0 Å². The zero-order valence-electron chi connectivity index (χ0n) is 7.12. The second-order valence-electron chi connectivity index (χ2n) is 3.44. The van der Waals surface area contributed by atoms with Crippen LogP contribution in [0.15, 0.2) is 0 Å². The van der Waals surface area contributed by atoms with E-state index in [-0.39, 0.29) is 6.04 Å². The van der Waals surface area contributed by atoms with Crippen molar-refractivity contribution in [2.75, 3.05) is 6.54 Å². The van der Waals surface area contributed by atoms with Gasteiger partial charge in [0.2, 0.25) is 0 Å². The van der Waals surface area contributed by atoms with E-state index >= 15 is 0 Å². The van der Waals surface area contributed by atoms with Gasteiger partial charge in [0.15, 0.2) is 0 Å². The molecule has 0 amide bonds. The van der Waals surface area contributed by atoms with Crippen molar-refractivity contribution in [3.63, 3.8) is 0 Å². The molecule has 1 aliphatic rings. The molecule has 0 saturated heterocycles. The van der Waals surface area contributed by atoms with Crippen molar-refractivity contribution in [3.05, 3.63) is 0 Å². The number of alkyl halides is 3. The van der Waals surface area contributed by atoms with Crippen LogP contribution in [-0.4, -0.2) is 18.8 Å². The van der Waals surface area contributed by atoms with Crippen LogP contribution in [0, 0.1) is 5.92 Å². The van der Waals surface area contributed by atoms with Crippen LogP contribution in [0.4, 0.5) is 13.2 Å². The molecule has 0 bridgehead atoms. The molecule has 1 N–H and O–H groups in total. The third-order valence-corrected chi connectivity index (χ3v) is 2.40. The van der Waals surface area contributed by atoms with Crippen molar-refractivity contribution in [3.8, 4) is 0 Å². The van der Waals surface area contributed by atoms with Crippen LogP contribution in [0.3, 0.4) is 0 Å². The van der Waals surface area contributed by atoms with Gasteiger partial charge in [0, 0.05) is 6.04 Å². The smallest absolute Gasteiger partial charge is 0.306 e. The predicted octanol–water partition coefficient (Wildman–Crippen LogP) is 2.33. The molecule has 12 heavy (non-hydrogen) atoms. The summed E-state index contributed by atoms with van der Waals surface area (Å²) in [6.45, 7) is 1.23. The largest absolute Gasteiger partial charge is 0.401 e. The summed E-state index contributed by atoms with van der Waals surface area (Å²) in [6, 6.07) is 0.108. The molecule has 0 aromatic heterocycles. The predicted molar refractivity (Wildman–Crippen MR) is 40.9 cm³/mol. The second-order valence-corrected chi connectivity index (χ2v) is 3.44. The summed E-state index contributed by atoms with van der Waals surface area (Å²) in [7, 11) is 0. The van der Waals surface area contributed by atoms with E-state index < -0.39 is 12.7 Å². The lowest BCUT2D eigenvalue weighted by Gasteiger charge is -2.35. The SMILES string of the molecule is CCC1CC(NCC(F)(F)F)C1. The molecule has 0 heterocycles. The molecule has 0 atom stereocenters. The molecule has 1 nitrogen and oxygen atoms in total. The molecular weight excluding hydrogens is 167 g/mol. The summed E-state index contributed by atoms with van der Waals surface area (Å²) in [5, 5.41) is 2.50. The minimum Gasteiger partial charge on any atom is -0.306 e. The highest BCUT2D eigenvalue weighted by molar-refractivity contribution is 4.84. The normalized spacial score (nSPS) is 30.0. The van der Waals surface area contributed by atoms with Crippen molar-refractivity contribution in [2.45, 2.75) is 38.4 Å². The van der Waals surface area contributed by atoms with E-state index in [0.29, 0.717) is 5.92 Å². The third-order valence-electron chi connectivity index (χ3n) is 2.40. The first-order valence-electron chi connectivity index (χ1n) is 4.31. The fraction of sp³-hybridized carbons (Fsp3) is 1.00. The Balaban J connectivity index is 2.04. The molecule has 4 heteroatoms. The van der Waals surface area contributed by atoms with Gasteiger partial charge in [0.05, 0.1) is 6.54 Å². The van der Waals surface area contributed by atoms with Crippen LogP contribution in [0.5, 0.6) is 0 Å². The zero-order chi connectivity index (χ0) is 9.19. The maximum absolute atomic E-state index is 11.7. The van der Waals surface area contributed by atoms with Crippen LogP contribution >= 0.6 is 0 Å². The van der Waals surface area contributed by atoms with E-state index in [0.717, 1.165) is 19.3 Å². The molecule has 0 unspecified atom stereocenters. The van der Waals surface area contributed by atoms with Crippen LogP contribution in [0.1, 0.15) is 26.2 Å². The summed E-state index contributed by atoms with van der Waals surface area (Å²) in [6.07, 6.45) is -1.15. The Kier molecular flexibility index (Phi) is 2.99. The molecule has 1 fully saturated rings. The average molecular weight is 181 g/mol. The monoisotopic (exact) mass is 181 g/mol. The molecule has 72 valence electrons. The van der Waals surface area contributed by atoms with Gasteiger partial charge < -0.3 is 5.32 Å². The highest BCUT2D eigenvalue weighted by atomic mass is 19.4. The molecule has 0 radical (unpaired) electrons. The number of halogens is 3. The van der Waals surface area contributed by atoms with E-state index in [9.17, 15) is 13.2 Å². The van der Waals surface area contributed by atoms with Gasteiger partial charge in [-0.1, -0.05) is 13.3 Å². The van der Waals surface area contributed by atoms with Crippen molar-refractivity contribution in [1.29, 1.82) is 0 Å². The van der Waals surface area contributed by atoms with Gasteiger partial charge in [-0.15, -0.1) is 0 Å². The lowest BCUT2D eigenvalue weighted by molar-refractivity contribution is -0.128. The average Bonchev–Trinajstić information content (AvgIpc) is 1.82. The standard InChI is InChI=1S/C8H14F3N/c1-2-6-3-7(4-6)12-5-8(9,10)11/h6-7,12H,2-5H2,1H3. The van der Waals surface area contributed by atoms with Crippen LogP contribution in [-0.2, 0) is 0 Å². The number of hydrogen-bond donors (Lipinski definition) is 1. The minimum absolute atomic E-state index is 0.108. The Morgan fingerprint density at radius 3 is 2.33 bits per heavy atom. The molecule has 0 aliphatic heterocycles. The van der Waals surface area contributed by atoms with Crippen molar-refractivity contribution < 1.29 is 13.2 Å². The van der Waals surface area contributed by atoms with E-state index in [1.54, 1.807) is 0 Å². The lowest BCUT2D eigenvalue weighted by Crippen LogP contribution is -2.44. The first-order chi connectivity index (χ1) is 5.51. The maximum atomic E-state index is 11.7. The summed E-state index contributed by atoms with van der Waals surface area (Å²) >= 11 is 0. The van der Waals surface area contributed by atoms with Gasteiger partial charge in [-0.05, 0) is 18.8 Å². The topological polar surface area (TPSA) is 12.0 Å². The van der Waals surface area contributed by atoms with Crippen LogP contribution < -0.4 is 5.32 Å². The Morgan fingerprint density at radius 1 is 1.33 bits per heavy atom. The Labute approximate surface area is 70.3 Å². The fourth-order valence-corrected chi connectivity index (χ4v) is 1.50. The molecule has 1 rings (SSSR count). The Bertz CT molecular complexity index is 138. The highest BCUT2D eigenvalue weighted by Crippen LogP contribution is 2.30. The highest BCUT2D eigenvalue weighted by Gasteiger charge is 2.32. The molecule has 0 aromatic rings. The summed E-state index contributed by atoms with van der Waals surface area (Å²) in [5.41, 5.74) is 0. The zero-order valence-corrected chi connectivity index (χ0v) is 7.12. The van der Waals surface area contributed by atoms with Crippen LogP contribution in [0.25, 0.3) is 0 Å². The molecular formula is C8H14F3N. The van der Waals surface area contributed by atoms with Gasteiger partial charge >= 0.3 is 6.18 Å². The molecule has 1 aliphatic carbocycles. The van der Waals surface area contributed by atoms with Crippen molar-refractivity contribution >= 4 is 0 Å². The van der Waals surface area contributed by atoms with Gasteiger partial charge in [-0.3, -0.25) is 0 Å². The quantitative estimate of drug-likeness (QED) is 0.704. The summed E-state index contributed by atoms with van der Waals surface area (Å²) in [5.74, 6) is 0.649. The minimum atomic E-state index is -4.06. The van der Waals surface area contributed by atoms with E-state index in [4.69, 9.17) is 0 Å². The van der Waals surface area contributed by atoms with E-state index in [1.165, 1.54) is 0 Å². The van der Waals surface area contributed by atoms with E-state index in [2.05, 4.69) is 12.2 Å². The summed E-state index contributed by atoms with van der Waals surface area (Å²) in [4.78, 5) is 0. The molecule has 0 spiro atoms. The fourth-order valence-electron chi connectivity index (χ4n) is 1.50. The van der Waals surface area contributed by atoms with Crippen molar-refractivity contribution in [2.24, 2.45) is 5.92 Å². The number of nitrogens with one attached hydrogen (secondary N) is 1. The number of hydrogen-bond acceptors (Lipinski definition) is 1. The number of rotatable bonds is 3. The van der Waals surface area contributed by atoms with Gasteiger partial charge in [-0.2, -0.15) is 13.2 Å². The molecule has 1 saturated carbocycles. The second kappa shape index (κ2) is 3.64. The molecule has 0 aromatic carbocycles. The van der Waals surface area contributed by atoms with Gasteiger partial charge in [0.25, 0.3) is 0 Å².